The summed E-state index contributed by atoms with van der Waals surface area (Å²) in [6.07, 6.45) is 5.99. The van der Waals surface area contributed by atoms with Crippen LogP contribution in [0.15, 0.2) is 24.6 Å². The molecule has 3 N–H and O–H groups in total. The standard InChI is InChI=1S/C4H7N3O2S/c5-10(8,9)7-4-2-1-3-6-7/h1-4,6H,(H2,5,8,9). The van der Waals surface area contributed by atoms with Gasteiger partial charge >= 0.3 is 10.2 Å². The minimum atomic E-state index is -3.64. The number of allylic oxidation sites excluding steroid dienone is 2. The van der Waals surface area contributed by atoms with Gasteiger partial charge in [-0.25, -0.2) is 5.14 Å². The van der Waals surface area contributed by atoms with Gasteiger partial charge in [0, 0.05) is 12.4 Å². The molecule has 1 rings (SSSR count). The molecule has 0 saturated heterocycles. The average Bonchev–Trinajstić information content (AvgIpc) is 1.88. The summed E-state index contributed by atoms with van der Waals surface area (Å²) in [5, 5.41) is 4.76. The van der Waals surface area contributed by atoms with Gasteiger partial charge in [0.15, 0.2) is 0 Å². The van der Waals surface area contributed by atoms with Crippen molar-refractivity contribution in [2.45, 2.75) is 0 Å². The van der Waals surface area contributed by atoms with Crippen LogP contribution >= 0.6 is 0 Å². The first-order valence-electron chi connectivity index (χ1n) is 2.52. The van der Waals surface area contributed by atoms with Crippen LogP contribution in [-0.2, 0) is 10.2 Å². The molecule has 0 unspecified atom stereocenters. The van der Waals surface area contributed by atoms with Crippen molar-refractivity contribution in [3.05, 3.63) is 24.6 Å². The van der Waals surface area contributed by atoms with Crippen LogP contribution < -0.4 is 10.6 Å². The van der Waals surface area contributed by atoms with Crippen LogP contribution in [0.1, 0.15) is 0 Å². The Balaban J connectivity index is 2.79. The summed E-state index contributed by atoms with van der Waals surface area (Å²) in [5.41, 5.74) is 2.41. The van der Waals surface area contributed by atoms with E-state index in [1.54, 1.807) is 12.2 Å². The number of nitrogens with two attached hydrogens (primary N) is 1. The first-order chi connectivity index (χ1) is 4.61. The Bertz CT molecular complexity index is 266. The minimum Gasteiger partial charge on any atom is -0.291 e. The van der Waals surface area contributed by atoms with Gasteiger partial charge < -0.3 is 0 Å². The highest BCUT2D eigenvalue weighted by molar-refractivity contribution is 7.86. The van der Waals surface area contributed by atoms with Crippen LogP contribution in [0.3, 0.4) is 0 Å². The van der Waals surface area contributed by atoms with Gasteiger partial charge in [-0.3, -0.25) is 5.43 Å². The Hall–Kier alpha value is -1.01. The molecule has 0 aromatic rings. The van der Waals surface area contributed by atoms with Crippen LogP contribution in [-0.4, -0.2) is 12.8 Å². The zero-order valence-corrected chi connectivity index (χ0v) is 5.88. The Labute approximate surface area is 59.0 Å². The normalized spacial score (nSPS) is 17.1. The summed E-state index contributed by atoms with van der Waals surface area (Å²) in [6.45, 7) is 0. The van der Waals surface area contributed by atoms with E-state index in [1.165, 1.54) is 12.4 Å². The van der Waals surface area contributed by atoms with E-state index in [2.05, 4.69) is 5.43 Å². The SMILES string of the molecule is NS(=O)(=O)N1C=CC=CN1. The van der Waals surface area contributed by atoms with Crippen molar-refractivity contribution < 1.29 is 8.42 Å². The molecule has 56 valence electrons. The Morgan fingerprint density at radius 3 is 2.40 bits per heavy atom. The fourth-order valence-electron chi connectivity index (χ4n) is 0.501. The summed E-state index contributed by atoms with van der Waals surface area (Å²) in [4.78, 5) is 0. The molecule has 0 fully saturated rings. The van der Waals surface area contributed by atoms with Crippen molar-refractivity contribution in [2.75, 3.05) is 0 Å². The molecule has 0 aromatic carbocycles. The predicted molar refractivity (Wildman–Crippen MR) is 36.4 cm³/mol. The maximum absolute atomic E-state index is 10.5. The number of nitrogens with zero attached hydrogens (tertiary/aromatic N) is 1. The Morgan fingerprint density at radius 1 is 1.40 bits per heavy atom. The third-order valence-corrected chi connectivity index (χ3v) is 1.68. The molecule has 0 aliphatic carbocycles. The molecule has 0 saturated carbocycles. The van der Waals surface area contributed by atoms with Gasteiger partial charge in [0.25, 0.3) is 0 Å². The van der Waals surface area contributed by atoms with Crippen LogP contribution in [0, 0.1) is 0 Å². The molecule has 0 atom stereocenters. The Kier molecular flexibility index (Phi) is 1.64. The number of nitrogens with one attached hydrogen (secondary N) is 1. The molecule has 0 radical (unpaired) electrons. The van der Waals surface area contributed by atoms with Gasteiger partial charge in [-0.15, -0.1) is 0 Å². The van der Waals surface area contributed by atoms with E-state index in [9.17, 15) is 8.42 Å². The average molecular weight is 161 g/mol. The minimum absolute atomic E-state index is 0.812. The molecule has 0 aromatic heterocycles. The van der Waals surface area contributed by atoms with Crippen molar-refractivity contribution in [1.29, 1.82) is 0 Å². The number of hydrogen-bond acceptors (Lipinski definition) is 3. The first kappa shape index (κ1) is 7.10. The Morgan fingerprint density at radius 2 is 2.10 bits per heavy atom. The second-order valence-corrected chi connectivity index (χ2v) is 3.09. The molecular formula is C4H7N3O2S. The number of hydrogen-bond donors (Lipinski definition) is 2. The van der Waals surface area contributed by atoms with Crippen LogP contribution in [0.5, 0.6) is 0 Å². The molecule has 10 heavy (non-hydrogen) atoms. The van der Waals surface area contributed by atoms with Crippen LogP contribution in [0.4, 0.5) is 0 Å². The van der Waals surface area contributed by atoms with Gasteiger partial charge in [-0.2, -0.15) is 12.8 Å². The van der Waals surface area contributed by atoms with Crippen molar-refractivity contribution in [1.82, 2.24) is 9.84 Å². The number of hydrazine groups is 1. The van der Waals surface area contributed by atoms with Gasteiger partial charge in [0.05, 0.1) is 0 Å². The third kappa shape index (κ3) is 1.49. The molecule has 0 bridgehead atoms. The van der Waals surface area contributed by atoms with Crippen molar-refractivity contribution in [3.8, 4) is 0 Å². The highest BCUT2D eigenvalue weighted by atomic mass is 32.2. The van der Waals surface area contributed by atoms with Crippen LogP contribution in [0.25, 0.3) is 0 Å². The third-order valence-electron chi connectivity index (χ3n) is 0.905. The lowest BCUT2D eigenvalue weighted by Crippen LogP contribution is -2.40. The van der Waals surface area contributed by atoms with E-state index in [0.29, 0.717) is 0 Å². The maximum atomic E-state index is 10.5. The van der Waals surface area contributed by atoms with Gasteiger partial charge in [-0.1, -0.05) is 0 Å². The second kappa shape index (κ2) is 2.31. The van der Waals surface area contributed by atoms with E-state index in [-0.39, 0.29) is 0 Å². The molecule has 1 heterocycles. The molecule has 0 spiro atoms. The quantitative estimate of drug-likeness (QED) is 0.520. The van der Waals surface area contributed by atoms with E-state index in [1.807, 2.05) is 0 Å². The highest BCUT2D eigenvalue weighted by Crippen LogP contribution is 1.95. The molecule has 6 heteroatoms. The van der Waals surface area contributed by atoms with E-state index < -0.39 is 10.2 Å². The number of rotatable bonds is 1. The molecule has 1 aliphatic rings. The molecule has 5 nitrogen and oxygen atoms in total. The fourth-order valence-corrected chi connectivity index (χ4v) is 0.949. The maximum Gasteiger partial charge on any atom is 0.316 e. The lowest BCUT2D eigenvalue weighted by atomic mass is 10.5. The first-order valence-corrected chi connectivity index (χ1v) is 4.03. The monoisotopic (exact) mass is 161 g/mol. The summed E-state index contributed by atoms with van der Waals surface area (Å²) in [5.74, 6) is 0. The lowest BCUT2D eigenvalue weighted by molar-refractivity contribution is 0.452. The predicted octanol–water partition coefficient (Wildman–Crippen LogP) is -0.962. The topological polar surface area (TPSA) is 75.4 Å². The smallest absolute Gasteiger partial charge is 0.291 e. The van der Waals surface area contributed by atoms with Crippen molar-refractivity contribution in [3.63, 3.8) is 0 Å². The second-order valence-electron chi connectivity index (χ2n) is 1.67. The van der Waals surface area contributed by atoms with Gasteiger partial charge in [-0.05, 0) is 12.2 Å². The van der Waals surface area contributed by atoms with Crippen molar-refractivity contribution in [2.24, 2.45) is 5.14 Å². The van der Waals surface area contributed by atoms with E-state index in [4.69, 9.17) is 5.14 Å². The largest absolute Gasteiger partial charge is 0.316 e. The highest BCUT2D eigenvalue weighted by Gasteiger charge is 2.10. The fraction of sp³-hybridized carbons (Fsp3) is 0. The summed E-state index contributed by atoms with van der Waals surface area (Å²) in [7, 11) is -3.64. The molecule has 0 amide bonds. The zero-order chi connectivity index (χ0) is 7.61. The molecule has 1 aliphatic heterocycles. The molecular weight excluding hydrogens is 154 g/mol. The van der Waals surface area contributed by atoms with Gasteiger partial charge in [0.2, 0.25) is 0 Å². The zero-order valence-electron chi connectivity index (χ0n) is 5.06. The van der Waals surface area contributed by atoms with E-state index in [0.717, 1.165) is 4.41 Å². The summed E-state index contributed by atoms with van der Waals surface area (Å²) >= 11 is 0. The van der Waals surface area contributed by atoms with Crippen LogP contribution in [0.2, 0.25) is 0 Å². The summed E-state index contributed by atoms with van der Waals surface area (Å²) < 4.78 is 21.9. The van der Waals surface area contributed by atoms with Crippen molar-refractivity contribution >= 4 is 10.2 Å². The van der Waals surface area contributed by atoms with Gasteiger partial charge in [0.1, 0.15) is 0 Å². The van der Waals surface area contributed by atoms with E-state index >= 15 is 0 Å². The lowest BCUT2D eigenvalue weighted by Gasteiger charge is -2.17. The summed E-state index contributed by atoms with van der Waals surface area (Å²) in [6, 6.07) is 0.